The summed E-state index contributed by atoms with van der Waals surface area (Å²) >= 11 is 0. The third-order valence-corrected chi connectivity index (χ3v) is 6.36. The quantitative estimate of drug-likeness (QED) is 0.689. The van der Waals surface area contributed by atoms with Crippen LogP contribution < -0.4 is 10.6 Å². The maximum absolute atomic E-state index is 12.1. The van der Waals surface area contributed by atoms with Crippen molar-refractivity contribution in [2.45, 2.75) is 12.8 Å². The third kappa shape index (κ3) is 5.26. The Morgan fingerprint density at radius 2 is 1.85 bits per heavy atom. The predicted molar refractivity (Wildman–Crippen MR) is 99.7 cm³/mol. The minimum Gasteiger partial charge on any atom is -0.348 e. The lowest BCUT2D eigenvalue weighted by Crippen LogP contribution is -2.46. The van der Waals surface area contributed by atoms with E-state index in [2.05, 4.69) is 10.6 Å². The van der Waals surface area contributed by atoms with E-state index in [1.54, 1.807) is 24.3 Å². The van der Waals surface area contributed by atoms with Gasteiger partial charge in [-0.2, -0.15) is 22.3 Å². The van der Waals surface area contributed by atoms with E-state index in [9.17, 15) is 18.0 Å². The number of anilines is 1. The van der Waals surface area contributed by atoms with Gasteiger partial charge in [-0.05, 0) is 30.9 Å². The molecule has 1 aliphatic heterocycles. The fraction of sp³-hybridized carbons (Fsp3) is 0.471. The number of rotatable bonds is 5. The van der Waals surface area contributed by atoms with Crippen molar-refractivity contribution in [3.63, 3.8) is 0 Å². The van der Waals surface area contributed by atoms with Crippen LogP contribution in [-0.4, -0.2) is 62.6 Å². The summed E-state index contributed by atoms with van der Waals surface area (Å²) in [5, 5.41) is 14.0. The molecule has 1 aromatic rings. The molecule has 2 amide bonds. The van der Waals surface area contributed by atoms with Gasteiger partial charge in [0, 0.05) is 33.7 Å². The summed E-state index contributed by atoms with van der Waals surface area (Å²) in [6.07, 6.45) is 1.21. The van der Waals surface area contributed by atoms with E-state index in [1.807, 2.05) is 6.07 Å². The highest BCUT2D eigenvalue weighted by atomic mass is 32.2. The summed E-state index contributed by atoms with van der Waals surface area (Å²) in [4.78, 5) is 24.0. The molecule has 146 valence electrons. The van der Waals surface area contributed by atoms with Crippen molar-refractivity contribution in [3.05, 3.63) is 29.8 Å². The Morgan fingerprint density at radius 3 is 2.44 bits per heavy atom. The highest BCUT2D eigenvalue weighted by Gasteiger charge is 2.29. The molecule has 0 aliphatic carbocycles. The maximum Gasteiger partial charge on any atom is 0.313 e. The van der Waals surface area contributed by atoms with Gasteiger partial charge in [0.1, 0.15) is 6.07 Å². The summed E-state index contributed by atoms with van der Waals surface area (Å²) in [5.41, 5.74) is 0.551. The lowest BCUT2D eigenvalue weighted by Gasteiger charge is -2.32. The molecule has 10 heteroatoms. The van der Waals surface area contributed by atoms with Gasteiger partial charge in [-0.25, -0.2) is 0 Å². The van der Waals surface area contributed by atoms with Crippen LogP contribution in [0.4, 0.5) is 5.69 Å². The fourth-order valence-corrected chi connectivity index (χ4v) is 3.90. The molecule has 0 aromatic heterocycles. The number of nitrogens with one attached hydrogen (secondary N) is 2. The van der Waals surface area contributed by atoms with Gasteiger partial charge in [0.2, 0.25) is 0 Å². The largest absolute Gasteiger partial charge is 0.348 e. The molecule has 1 heterocycles. The van der Waals surface area contributed by atoms with Crippen LogP contribution in [0.15, 0.2) is 24.3 Å². The zero-order chi connectivity index (χ0) is 20.0. The van der Waals surface area contributed by atoms with Crippen LogP contribution in [0.1, 0.15) is 18.4 Å². The van der Waals surface area contributed by atoms with Crippen molar-refractivity contribution < 1.29 is 18.0 Å². The second-order valence-electron chi connectivity index (χ2n) is 6.45. The van der Waals surface area contributed by atoms with Crippen LogP contribution >= 0.6 is 0 Å². The molecule has 9 nitrogen and oxygen atoms in total. The highest BCUT2D eigenvalue weighted by molar-refractivity contribution is 7.86. The van der Waals surface area contributed by atoms with Crippen molar-refractivity contribution in [3.8, 4) is 6.07 Å². The summed E-state index contributed by atoms with van der Waals surface area (Å²) < 4.78 is 26.8. The predicted octanol–water partition coefficient (Wildman–Crippen LogP) is 0.131. The smallest absolute Gasteiger partial charge is 0.313 e. The number of nitriles is 1. The Morgan fingerprint density at radius 1 is 1.22 bits per heavy atom. The van der Waals surface area contributed by atoms with Crippen LogP contribution in [0.3, 0.4) is 0 Å². The van der Waals surface area contributed by atoms with Crippen LogP contribution in [0, 0.1) is 17.2 Å². The van der Waals surface area contributed by atoms with E-state index in [4.69, 9.17) is 5.26 Å². The number of benzene rings is 1. The van der Waals surface area contributed by atoms with E-state index < -0.39 is 22.0 Å². The number of carbonyl (C=O) groups is 2. The van der Waals surface area contributed by atoms with Crippen LogP contribution in [0.5, 0.6) is 0 Å². The Labute approximate surface area is 159 Å². The zero-order valence-corrected chi connectivity index (χ0v) is 16.1. The van der Waals surface area contributed by atoms with Crippen molar-refractivity contribution in [2.24, 2.45) is 5.92 Å². The second kappa shape index (κ2) is 8.94. The van der Waals surface area contributed by atoms with Gasteiger partial charge in [0.25, 0.3) is 10.2 Å². The van der Waals surface area contributed by atoms with E-state index in [0.29, 0.717) is 32.5 Å². The molecular weight excluding hydrogens is 370 g/mol. The minimum absolute atomic E-state index is 0.0988. The summed E-state index contributed by atoms with van der Waals surface area (Å²) in [6, 6.07) is 8.36. The van der Waals surface area contributed by atoms with E-state index in [0.717, 1.165) is 0 Å². The van der Waals surface area contributed by atoms with E-state index in [1.165, 1.54) is 22.7 Å². The van der Waals surface area contributed by atoms with Crippen molar-refractivity contribution in [1.29, 1.82) is 5.26 Å². The third-order valence-electron chi connectivity index (χ3n) is 4.41. The Balaban J connectivity index is 1.81. The topological polar surface area (TPSA) is 123 Å². The van der Waals surface area contributed by atoms with Crippen LogP contribution in [0.25, 0.3) is 0 Å². The number of amides is 2. The van der Waals surface area contributed by atoms with Gasteiger partial charge in [-0.3, -0.25) is 9.59 Å². The first kappa shape index (κ1) is 20.8. The molecule has 0 bridgehead atoms. The Bertz CT molecular complexity index is 839. The van der Waals surface area contributed by atoms with Gasteiger partial charge >= 0.3 is 11.8 Å². The van der Waals surface area contributed by atoms with Gasteiger partial charge in [0.05, 0.1) is 11.3 Å². The first-order chi connectivity index (χ1) is 12.8. The maximum atomic E-state index is 12.1. The molecule has 0 atom stereocenters. The van der Waals surface area contributed by atoms with Crippen LogP contribution in [0.2, 0.25) is 0 Å². The molecule has 27 heavy (non-hydrogen) atoms. The Hall–Kier alpha value is -2.48. The molecule has 1 aromatic carbocycles. The van der Waals surface area contributed by atoms with Gasteiger partial charge in [-0.15, -0.1) is 0 Å². The molecule has 0 spiro atoms. The van der Waals surface area contributed by atoms with Gasteiger partial charge in [0.15, 0.2) is 0 Å². The summed E-state index contributed by atoms with van der Waals surface area (Å²) in [7, 11) is -0.439. The number of para-hydroxylation sites is 1. The lowest BCUT2D eigenvalue weighted by molar-refractivity contribution is -0.136. The van der Waals surface area contributed by atoms with E-state index in [-0.39, 0.29) is 17.2 Å². The van der Waals surface area contributed by atoms with Crippen molar-refractivity contribution >= 4 is 27.7 Å². The normalized spacial score (nSPS) is 15.9. The molecule has 1 fully saturated rings. The molecule has 2 N–H and O–H groups in total. The molecule has 0 radical (unpaired) electrons. The molecule has 1 saturated heterocycles. The molecule has 2 rings (SSSR count). The minimum atomic E-state index is -3.42. The standard InChI is InChI=1S/C17H23N5O4S/c1-21(2)27(25,26)22-9-7-13(8-10-22)12-19-16(23)17(24)20-15-6-4-3-5-14(15)11-18/h3-6,13H,7-10,12H2,1-2H3,(H,19,23)(H,20,24). The van der Waals surface area contributed by atoms with E-state index >= 15 is 0 Å². The first-order valence-electron chi connectivity index (χ1n) is 8.51. The van der Waals surface area contributed by atoms with Gasteiger partial charge < -0.3 is 10.6 Å². The molecule has 0 saturated carbocycles. The zero-order valence-electron chi connectivity index (χ0n) is 15.3. The number of carbonyl (C=O) groups excluding carboxylic acids is 2. The summed E-state index contributed by atoms with van der Waals surface area (Å²) in [5.74, 6) is -1.53. The molecule has 0 unspecified atom stereocenters. The van der Waals surface area contributed by atoms with Crippen molar-refractivity contribution in [2.75, 3.05) is 39.0 Å². The average molecular weight is 393 g/mol. The van der Waals surface area contributed by atoms with Crippen LogP contribution in [-0.2, 0) is 19.8 Å². The number of hydrogen-bond acceptors (Lipinski definition) is 5. The number of hydrogen-bond donors (Lipinski definition) is 2. The SMILES string of the molecule is CN(C)S(=O)(=O)N1CCC(CNC(=O)C(=O)Nc2ccccc2C#N)CC1. The monoisotopic (exact) mass is 393 g/mol. The second-order valence-corrected chi connectivity index (χ2v) is 8.60. The molecule has 1 aliphatic rings. The summed E-state index contributed by atoms with van der Waals surface area (Å²) in [6.45, 7) is 1.05. The lowest BCUT2D eigenvalue weighted by atomic mass is 9.98. The van der Waals surface area contributed by atoms with Crippen molar-refractivity contribution in [1.82, 2.24) is 13.9 Å². The number of piperidine rings is 1. The van der Waals surface area contributed by atoms with Gasteiger partial charge in [-0.1, -0.05) is 12.1 Å². The average Bonchev–Trinajstić information content (AvgIpc) is 2.66. The molecular formula is C17H23N5O4S. The fourth-order valence-electron chi connectivity index (χ4n) is 2.76. The highest BCUT2D eigenvalue weighted by Crippen LogP contribution is 2.20. The first-order valence-corrected chi connectivity index (χ1v) is 9.91. The number of nitrogens with zero attached hydrogens (tertiary/aromatic N) is 3. The Kier molecular flexibility index (Phi) is 6.90.